The first-order valence-corrected chi connectivity index (χ1v) is 8.62. The number of hydrogen-bond acceptors (Lipinski definition) is 5. The fourth-order valence-corrected chi connectivity index (χ4v) is 3.04. The highest BCUT2D eigenvalue weighted by atomic mass is 16.5. The van der Waals surface area contributed by atoms with Crippen LogP contribution in [0.25, 0.3) is 27.8 Å². The number of benzene rings is 2. The summed E-state index contributed by atoms with van der Waals surface area (Å²) in [5, 5.41) is 9.29. The van der Waals surface area contributed by atoms with Gasteiger partial charge in [0.25, 0.3) is 5.91 Å². The van der Waals surface area contributed by atoms with Gasteiger partial charge in [-0.15, -0.1) is 10.2 Å². The van der Waals surface area contributed by atoms with Crippen molar-refractivity contribution in [2.45, 2.75) is 0 Å². The van der Waals surface area contributed by atoms with E-state index >= 15 is 0 Å². The van der Waals surface area contributed by atoms with Gasteiger partial charge in [0.2, 0.25) is 5.65 Å². The number of carbonyl (C=O) groups is 1. The summed E-state index contributed by atoms with van der Waals surface area (Å²) in [5.74, 6) is -0.0651. The lowest BCUT2D eigenvalue weighted by Crippen LogP contribution is -2.29. The molecule has 2 heterocycles. The number of carbonyl (C=O) groups excluding carboxylic acids is 1. The molecule has 2 aromatic carbocycles. The van der Waals surface area contributed by atoms with Crippen LogP contribution in [0.3, 0.4) is 0 Å². The molecule has 4 aromatic rings. The van der Waals surface area contributed by atoms with Crippen LogP contribution in [0.1, 0.15) is 10.4 Å². The predicted octanol–water partition coefficient (Wildman–Crippen LogP) is 2.69. The van der Waals surface area contributed by atoms with E-state index in [9.17, 15) is 4.79 Å². The Morgan fingerprint density at radius 1 is 1.15 bits per heavy atom. The molecule has 1 amide bonds. The second kappa shape index (κ2) is 7.13. The highest BCUT2D eigenvalue weighted by molar-refractivity contribution is 6.05. The van der Waals surface area contributed by atoms with Gasteiger partial charge in [-0.1, -0.05) is 18.2 Å². The molecule has 0 unspecified atom stereocenters. The second-order valence-corrected chi connectivity index (χ2v) is 6.27. The summed E-state index contributed by atoms with van der Waals surface area (Å²) in [6.45, 7) is 1.02. The Hall–Kier alpha value is -3.32. The summed E-state index contributed by atoms with van der Waals surface area (Å²) in [7, 11) is 3.38. The van der Waals surface area contributed by atoms with Crippen LogP contribution in [0.4, 0.5) is 0 Å². The van der Waals surface area contributed by atoms with E-state index in [4.69, 9.17) is 4.74 Å². The maximum absolute atomic E-state index is 12.7. The van der Waals surface area contributed by atoms with E-state index in [-0.39, 0.29) is 5.91 Å². The fourth-order valence-electron chi connectivity index (χ4n) is 3.04. The third-order valence-electron chi connectivity index (χ3n) is 4.51. The van der Waals surface area contributed by atoms with Crippen molar-refractivity contribution in [3.63, 3.8) is 0 Å². The SMILES string of the molecule is COCCN(C)C(=O)c1ccc2nnc3ncn(-c4ccccc4)c3c2c1. The van der Waals surface area contributed by atoms with Gasteiger partial charge in [-0.2, -0.15) is 0 Å². The van der Waals surface area contributed by atoms with Crippen molar-refractivity contribution in [3.05, 3.63) is 60.4 Å². The number of methoxy groups -OCH3 is 1. The summed E-state index contributed by atoms with van der Waals surface area (Å²) in [5.41, 5.74) is 3.67. The Labute approximate surface area is 156 Å². The van der Waals surface area contributed by atoms with E-state index in [1.54, 1.807) is 31.5 Å². The topological polar surface area (TPSA) is 73.1 Å². The number of ether oxygens (including phenoxy) is 1. The summed E-state index contributed by atoms with van der Waals surface area (Å²) in [4.78, 5) is 18.8. The Morgan fingerprint density at radius 3 is 2.74 bits per heavy atom. The quantitative estimate of drug-likeness (QED) is 0.546. The molecule has 2 aromatic heterocycles. The molecule has 27 heavy (non-hydrogen) atoms. The molecular weight excluding hydrogens is 342 g/mol. The Bertz CT molecular complexity index is 1110. The third kappa shape index (κ3) is 3.13. The summed E-state index contributed by atoms with van der Waals surface area (Å²) in [6, 6.07) is 15.4. The number of amides is 1. The average molecular weight is 361 g/mol. The second-order valence-electron chi connectivity index (χ2n) is 6.27. The highest BCUT2D eigenvalue weighted by Gasteiger charge is 2.16. The lowest BCUT2D eigenvalue weighted by molar-refractivity contribution is 0.0744. The van der Waals surface area contributed by atoms with E-state index in [0.717, 1.165) is 22.1 Å². The first kappa shape index (κ1) is 17.1. The van der Waals surface area contributed by atoms with E-state index < -0.39 is 0 Å². The maximum Gasteiger partial charge on any atom is 0.253 e. The lowest BCUT2D eigenvalue weighted by Gasteiger charge is -2.17. The zero-order valence-electron chi connectivity index (χ0n) is 15.2. The first-order valence-electron chi connectivity index (χ1n) is 8.62. The maximum atomic E-state index is 12.7. The van der Waals surface area contributed by atoms with Crippen molar-refractivity contribution >= 4 is 28.0 Å². The molecule has 0 saturated heterocycles. The molecular formula is C20H19N5O2. The van der Waals surface area contributed by atoms with Gasteiger partial charge in [0.05, 0.1) is 12.1 Å². The van der Waals surface area contributed by atoms with Crippen LogP contribution in [0, 0.1) is 0 Å². The highest BCUT2D eigenvalue weighted by Crippen LogP contribution is 2.25. The van der Waals surface area contributed by atoms with Crippen molar-refractivity contribution in [2.24, 2.45) is 0 Å². The molecule has 0 aliphatic heterocycles. The fraction of sp³-hybridized carbons (Fsp3) is 0.200. The van der Waals surface area contributed by atoms with Gasteiger partial charge in [-0.25, -0.2) is 4.98 Å². The first-order chi connectivity index (χ1) is 13.2. The molecule has 0 fully saturated rings. The van der Waals surface area contributed by atoms with Crippen LogP contribution in [0.5, 0.6) is 0 Å². The lowest BCUT2D eigenvalue weighted by atomic mass is 10.1. The molecule has 136 valence electrons. The Balaban J connectivity index is 1.86. The zero-order valence-corrected chi connectivity index (χ0v) is 15.2. The van der Waals surface area contributed by atoms with Crippen LogP contribution in [0.2, 0.25) is 0 Å². The number of nitrogens with zero attached hydrogens (tertiary/aromatic N) is 5. The van der Waals surface area contributed by atoms with Crippen molar-refractivity contribution in [1.82, 2.24) is 24.6 Å². The normalized spacial score (nSPS) is 11.2. The zero-order chi connectivity index (χ0) is 18.8. The number of hydrogen-bond donors (Lipinski definition) is 0. The molecule has 0 aliphatic rings. The minimum atomic E-state index is -0.0651. The molecule has 7 heteroatoms. The summed E-state index contributed by atoms with van der Waals surface area (Å²) < 4.78 is 7.02. The van der Waals surface area contributed by atoms with Crippen molar-refractivity contribution < 1.29 is 9.53 Å². The van der Waals surface area contributed by atoms with Crippen molar-refractivity contribution in [1.29, 1.82) is 0 Å². The van der Waals surface area contributed by atoms with Crippen LogP contribution in [0.15, 0.2) is 54.9 Å². The number of aromatic nitrogens is 4. The standard InChI is InChI=1S/C20H19N5O2/c1-24(10-11-27-2)20(26)14-8-9-17-16(12-14)18-19(23-22-17)21-13-25(18)15-6-4-3-5-7-15/h3-9,12-13H,10-11H2,1-2H3. The largest absolute Gasteiger partial charge is 0.383 e. The monoisotopic (exact) mass is 361 g/mol. The van der Waals surface area contributed by atoms with Gasteiger partial charge in [0.15, 0.2) is 0 Å². The summed E-state index contributed by atoms with van der Waals surface area (Å²) in [6.07, 6.45) is 1.73. The molecule has 0 N–H and O–H groups in total. The van der Waals surface area contributed by atoms with E-state index in [1.165, 1.54) is 0 Å². The van der Waals surface area contributed by atoms with Crippen LogP contribution in [-0.4, -0.2) is 57.9 Å². The van der Waals surface area contributed by atoms with Gasteiger partial charge in [0.1, 0.15) is 11.8 Å². The Morgan fingerprint density at radius 2 is 1.96 bits per heavy atom. The molecule has 4 rings (SSSR count). The van der Waals surface area contributed by atoms with E-state index in [2.05, 4.69) is 15.2 Å². The third-order valence-corrected chi connectivity index (χ3v) is 4.51. The molecule has 0 saturated carbocycles. The van der Waals surface area contributed by atoms with E-state index in [1.807, 2.05) is 47.0 Å². The van der Waals surface area contributed by atoms with Crippen LogP contribution in [-0.2, 0) is 4.74 Å². The van der Waals surface area contributed by atoms with Crippen molar-refractivity contribution in [2.75, 3.05) is 27.3 Å². The van der Waals surface area contributed by atoms with Gasteiger partial charge >= 0.3 is 0 Å². The number of para-hydroxylation sites is 1. The van der Waals surface area contributed by atoms with Gasteiger partial charge < -0.3 is 9.64 Å². The molecule has 0 spiro atoms. The predicted molar refractivity (Wildman–Crippen MR) is 103 cm³/mol. The molecule has 7 nitrogen and oxygen atoms in total. The smallest absolute Gasteiger partial charge is 0.253 e. The van der Waals surface area contributed by atoms with E-state index in [0.29, 0.717) is 24.4 Å². The van der Waals surface area contributed by atoms with Crippen molar-refractivity contribution in [3.8, 4) is 5.69 Å². The Kier molecular flexibility index (Phi) is 4.52. The molecule has 0 radical (unpaired) electrons. The number of fused-ring (bicyclic) bond motifs is 3. The molecule has 0 atom stereocenters. The average Bonchev–Trinajstić information content (AvgIpc) is 3.16. The molecule has 0 bridgehead atoms. The van der Waals surface area contributed by atoms with Crippen LogP contribution < -0.4 is 0 Å². The minimum Gasteiger partial charge on any atom is -0.383 e. The van der Waals surface area contributed by atoms with Gasteiger partial charge in [-0.3, -0.25) is 9.36 Å². The number of rotatable bonds is 5. The number of imidazole rings is 1. The molecule has 0 aliphatic carbocycles. The number of likely N-dealkylation sites (N-methyl/N-ethyl adjacent to an activating group) is 1. The van der Waals surface area contributed by atoms with Gasteiger partial charge in [0, 0.05) is 37.3 Å². The minimum absolute atomic E-state index is 0.0651. The van der Waals surface area contributed by atoms with Gasteiger partial charge in [-0.05, 0) is 30.3 Å². The van der Waals surface area contributed by atoms with Crippen LogP contribution >= 0.6 is 0 Å². The summed E-state index contributed by atoms with van der Waals surface area (Å²) >= 11 is 0.